The number of unbranched alkanes of at least 4 members (excludes halogenated alkanes) is 8. The zero-order valence-corrected chi connectivity index (χ0v) is 47.5. The molecule has 1 fully saturated rings. The summed E-state index contributed by atoms with van der Waals surface area (Å²) in [5, 5.41) is 0. The average Bonchev–Trinajstić information content (AvgIpc) is 3.44. The molecule has 0 unspecified atom stereocenters. The van der Waals surface area contributed by atoms with E-state index in [-0.39, 0.29) is 11.6 Å². The van der Waals surface area contributed by atoms with Crippen LogP contribution in [0, 0.1) is 12.8 Å². The van der Waals surface area contributed by atoms with Crippen molar-refractivity contribution in [3.8, 4) is 11.1 Å². The number of carbonyl (C=O) groups is 2. The lowest BCUT2D eigenvalue weighted by molar-refractivity contribution is 0.0970. The highest BCUT2D eigenvalue weighted by Gasteiger charge is 2.38. The second kappa shape index (κ2) is 26.9. The van der Waals surface area contributed by atoms with Crippen LogP contribution in [0.4, 0.5) is 0 Å². The van der Waals surface area contributed by atoms with Crippen LogP contribution in [0.2, 0.25) is 0 Å². The van der Waals surface area contributed by atoms with Crippen LogP contribution >= 0.6 is 47.0 Å². The van der Waals surface area contributed by atoms with Crippen molar-refractivity contribution >= 4 is 58.6 Å². The minimum Gasteiger partial charge on any atom is -0.288 e. The lowest BCUT2D eigenvalue weighted by Crippen LogP contribution is -2.24. The second-order valence-electron chi connectivity index (χ2n) is 20.8. The number of aryl methyl sites for hydroxylation is 3. The van der Waals surface area contributed by atoms with Crippen LogP contribution in [0.1, 0.15) is 184 Å². The van der Waals surface area contributed by atoms with Crippen LogP contribution in [0.15, 0.2) is 185 Å². The molecule has 74 heavy (non-hydrogen) atoms. The van der Waals surface area contributed by atoms with E-state index in [9.17, 15) is 0 Å². The van der Waals surface area contributed by atoms with Gasteiger partial charge >= 0.3 is 0 Å². The molecule has 0 amide bonds. The Morgan fingerprint density at radius 3 is 1.12 bits per heavy atom. The summed E-state index contributed by atoms with van der Waals surface area (Å²) in [6.45, 7) is 8.89. The molecule has 9 rings (SSSR count). The van der Waals surface area contributed by atoms with Crippen molar-refractivity contribution in [3.63, 3.8) is 0 Å². The molecule has 382 valence electrons. The summed E-state index contributed by atoms with van der Waals surface area (Å²) < 4.78 is 0. The standard InChI is InChI=1S/C68H74O2S4/c1-5-8-11-14-17-49-23-37-56(38-24-49)72-60-44-43-59(71-55-35-19-47(4)20-36-55)63-64(60)68(70)66-62(46-45-61(65(66)67(63)69)73-57-39-25-50(26-40-57)18-15-12-9-6-2)74-58-41-33-54(34-42-58)53-31-29-52(30-32-53)51-27-21-48(22-28-51)16-13-10-7-3/h19-20,23-26,29-46,48,51H,5-18,21-22,27-28H2,1-4H3. The third-order valence-electron chi connectivity index (χ3n) is 15.2. The van der Waals surface area contributed by atoms with E-state index in [4.69, 9.17) is 0 Å². The molecule has 2 nitrogen and oxygen atoms in total. The van der Waals surface area contributed by atoms with Crippen molar-refractivity contribution in [1.29, 1.82) is 0 Å². The van der Waals surface area contributed by atoms with Gasteiger partial charge in [-0.25, -0.2) is 0 Å². The van der Waals surface area contributed by atoms with Crippen LogP contribution in [-0.2, 0) is 12.8 Å². The first-order valence-corrected chi connectivity index (χ1v) is 31.1. The SMILES string of the molecule is CCCCCCc1ccc(Sc2ccc(Sc3ccc(C)cc3)c3c2C(=O)c2c(Sc4ccc(-c5ccc(C6CCC(CCCCC)CC6)cc5)cc4)ccc(Sc4ccc(CCCCCC)cc4)c2C3=O)cc1. The van der Waals surface area contributed by atoms with Gasteiger partial charge < -0.3 is 0 Å². The monoisotopic (exact) mass is 1050 g/mol. The molecule has 0 aromatic heterocycles. The molecule has 0 spiro atoms. The molecule has 0 N–H and O–H groups in total. The van der Waals surface area contributed by atoms with Gasteiger partial charge in [0.1, 0.15) is 0 Å². The first-order chi connectivity index (χ1) is 36.3. The molecule has 0 aliphatic heterocycles. The lowest BCUT2D eigenvalue weighted by atomic mass is 9.77. The molecule has 1 saturated carbocycles. The topological polar surface area (TPSA) is 34.1 Å². The Labute approximate surface area is 460 Å². The van der Waals surface area contributed by atoms with E-state index in [1.807, 2.05) is 0 Å². The summed E-state index contributed by atoms with van der Waals surface area (Å²) in [5.41, 5.74) is 9.71. The summed E-state index contributed by atoms with van der Waals surface area (Å²) in [5.74, 6) is 1.39. The Hall–Kier alpha value is -4.72. The fourth-order valence-corrected chi connectivity index (χ4v) is 14.7. The van der Waals surface area contributed by atoms with E-state index in [0.29, 0.717) is 28.2 Å². The molecule has 0 saturated heterocycles. The maximum Gasteiger partial charge on any atom is 0.196 e. The Morgan fingerprint density at radius 1 is 0.378 bits per heavy atom. The molecule has 2 aliphatic rings. The average molecular weight is 1050 g/mol. The van der Waals surface area contributed by atoms with Gasteiger partial charge in [0.2, 0.25) is 0 Å². The number of fused-ring (bicyclic) bond motifs is 2. The predicted molar refractivity (Wildman–Crippen MR) is 317 cm³/mol. The summed E-state index contributed by atoms with van der Waals surface area (Å²) in [6, 6.07) is 52.3. The van der Waals surface area contributed by atoms with Crippen molar-refractivity contribution < 1.29 is 9.59 Å². The quantitative estimate of drug-likeness (QED) is 0.0561. The van der Waals surface area contributed by atoms with Gasteiger partial charge in [0, 0.05) is 61.4 Å². The third-order valence-corrected chi connectivity index (χ3v) is 19.5. The van der Waals surface area contributed by atoms with Gasteiger partial charge in [-0.1, -0.05) is 210 Å². The Morgan fingerprint density at radius 2 is 0.730 bits per heavy atom. The summed E-state index contributed by atoms with van der Waals surface area (Å²) >= 11 is 6.31. The molecule has 0 bridgehead atoms. The number of hydrogen-bond donors (Lipinski definition) is 0. The van der Waals surface area contributed by atoms with Crippen molar-refractivity contribution in [2.45, 2.75) is 188 Å². The van der Waals surface area contributed by atoms with E-state index in [1.165, 1.54) is 136 Å². The number of carbonyl (C=O) groups excluding carboxylic acids is 2. The van der Waals surface area contributed by atoms with Gasteiger partial charge in [-0.15, -0.1) is 0 Å². The maximum atomic E-state index is 15.8. The maximum absolute atomic E-state index is 15.8. The van der Waals surface area contributed by atoms with Gasteiger partial charge in [0.15, 0.2) is 11.6 Å². The molecule has 0 atom stereocenters. The zero-order valence-electron chi connectivity index (χ0n) is 44.2. The van der Waals surface area contributed by atoms with Gasteiger partial charge in [0.05, 0.1) is 0 Å². The van der Waals surface area contributed by atoms with E-state index in [1.54, 1.807) is 47.0 Å². The molecule has 7 aromatic rings. The first-order valence-electron chi connectivity index (χ1n) is 27.9. The zero-order chi connectivity index (χ0) is 51.2. The van der Waals surface area contributed by atoms with Crippen molar-refractivity contribution in [1.82, 2.24) is 0 Å². The number of hydrogen-bond acceptors (Lipinski definition) is 6. The van der Waals surface area contributed by atoms with E-state index in [0.717, 1.165) is 57.9 Å². The number of benzene rings is 7. The molecule has 2 aliphatic carbocycles. The Bertz CT molecular complexity index is 2950. The third kappa shape index (κ3) is 13.8. The fourth-order valence-electron chi connectivity index (χ4n) is 10.8. The van der Waals surface area contributed by atoms with E-state index in [2.05, 4.69) is 173 Å². The van der Waals surface area contributed by atoms with Crippen LogP contribution in [0.3, 0.4) is 0 Å². The molecule has 6 heteroatoms. The molecule has 0 heterocycles. The van der Waals surface area contributed by atoms with E-state index >= 15 is 9.59 Å². The second-order valence-corrected chi connectivity index (χ2v) is 25.2. The van der Waals surface area contributed by atoms with Gasteiger partial charge in [0.25, 0.3) is 0 Å². The smallest absolute Gasteiger partial charge is 0.196 e. The molecular formula is C68H74O2S4. The van der Waals surface area contributed by atoms with Crippen LogP contribution < -0.4 is 0 Å². The van der Waals surface area contributed by atoms with Crippen LogP contribution in [-0.4, -0.2) is 11.6 Å². The highest BCUT2D eigenvalue weighted by atomic mass is 32.2. The van der Waals surface area contributed by atoms with Gasteiger partial charge in [-0.05, 0) is 171 Å². The minimum absolute atomic E-state index is 0.0922. The number of ketones is 2. The molecule has 7 aromatic carbocycles. The normalized spacial score (nSPS) is 15.3. The highest BCUT2D eigenvalue weighted by Crippen LogP contribution is 2.49. The highest BCUT2D eigenvalue weighted by molar-refractivity contribution is 8.00. The van der Waals surface area contributed by atoms with Crippen molar-refractivity contribution in [2.75, 3.05) is 0 Å². The van der Waals surface area contributed by atoms with Gasteiger partial charge in [-0.3, -0.25) is 9.59 Å². The largest absolute Gasteiger partial charge is 0.288 e. The van der Waals surface area contributed by atoms with Crippen LogP contribution in [0.5, 0.6) is 0 Å². The van der Waals surface area contributed by atoms with Crippen molar-refractivity contribution in [3.05, 3.63) is 190 Å². The Kier molecular flexibility index (Phi) is 19.6. The first kappa shape index (κ1) is 54.1. The summed E-state index contributed by atoms with van der Waals surface area (Å²) in [4.78, 5) is 38.9. The Balaban J connectivity index is 1.03. The minimum atomic E-state index is -0.0925. The van der Waals surface area contributed by atoms with Gasteiger partial charge in [-0.2, -0.15) is 0 Å². The van der Waals surface area contributed by atoms with Crippen molar-refractivity contribution in [2.24, 2.45) is 5.92 Å². The number of rotatable bonds is 24. The summed E-state index contributed by atoms with van der Waals surface area (Å²) in [7, 11) is 0. The predicted octanol–water partition coefficient (Wildman–Crippen LogP) is 21.1. The molecule has 0 radical (unpaired) electrons. The van der Waals surface area contributed by atoms with Crippen LogP contribution in [0.25, 0.3) is 11.1 Å². The van der Waals surface area contributed by atoms with E-state index < -0.39 is 0 Å². The fraction of sp³-hybridized carbons (Fsp3) is 0.353. The summed E-state index contributed by atoms with van der Waals surface area (Å²) in [6.07, 6.45) is 22.8. The lowest BCUT2D eigenvalue weighted by Gasteiger charge is -2.29. The molecular weight excluding hydrogens is 977 g/mol.